The molecule has 2 rings (SSSR count). The van der Waals surface area contributed by atoms with Crippen LogP contribution in [-0.4, -0.2) is 36.2 Å². The number of halogens is 3. The van der Waals surface area contributed by atoms with Crippen molar-refractivity contribution in [3.05, 3.63) is 28.2 Å². The van der Waals surface area contributed by atoms with Gasteiger partial charge >= 0.3 is 0 Å². The first-order chi connectivity index (χ1) is 9.58. The van der Waals surface area contributed by atoms with Crippen molar-refractivity contribution in [1.29, 1.82) is 0 Å². The monoisotopic (exact) mass is 412 g/mol. The van der Waals surface area contributed by atoms with Crippen molar-refractivity contribution in [2.24, 2.45) is 5.92 Å². The Morgan fingerprint density at radius 3 is 2.41 bits per heavy atom. The molecule has 0 unspecified atom stereocenters. The maximum Gasteiger partial charge on any atom is 0.120 e. The molecule has 0 radical (unpaired) electrons. The molecule has 1 aliphatic heterocycles. The fourth-order valence-electron chi connectivity index (χ4n) is 2.81. The van der Waals surface area contributed by atoms with Gasteiger partial charge in [0, 0.05) is 42.3 Å². The minimum Gasteiger partial charge on any atom is -0.508 e. The van der Waals surface area contributed by atoms with Gasteiger partial charge in [-0.3, -0.25) is 4.90 Å². The molecule has 1 fully saturated rings. The van der Waals surface area contributed by atoms with Crippen LogP contribution in [0.1, 0.15) is 38.3 Å². The number of aromatic hydroxyl groups is 1. The zero-order chi connectivity index (χ0) is 14.5. The van der Waals surface area contributed by atoms with Gasteiger partial charge in [0.15, 0.2) is 0 Å². The van der Waals surface area contributed by atoms with Gasteiger partial charge < -0.3 is 10.4 Å². The van der Waals surface area contributed by atoms with Crippen LogP contribution in [0.3, 0.4) is 0 Å². The number of nitrogens with zero attached hydrogens (tertiary/aromatic N) is 1. The van der Waals surface area contributed by atoms with E-state index in [1.54, 1.807) is 6.07 Å². The summed E-state index contributed by atoms with van der Waals surface area (Å²) in [5, 5.41) is 13.6. The molecule has 0 amide bonds. The van der Waals surface area contributed by atoms with E-state index >= 15 is 0 Å². The Hall–Kier alpha value is -0.000000000000000111. The standard InChI is InChI=1S/C16H25BrN2O.2ClH/c1-12(2)3-5-15(19-9-7-18-8-10-19)14-11-13(17)4-6-16(14)20;;/h4,6,11-12,15,18,20H,3,5,7-10H2,1-2H3;2*1H/t15-;;/m1../s1. The third kappa shape index (κ3) is 6.25. The summed E-state index contributed by atoms with van der Waals surface area (Å²) in [6, 6.07) is 6.08. The summed E-state index contributed by atoms with van der Waals surface area (Å²) in [4.78, 5) is 2.50. The molecule has 1 aliphatic rings. The summed E-state index contributed by atoms with van der Waals surface area (Å²) in [6.45, 7) is 8.69. The van der Waals surface area contributed by atoms with Crippen LogP contribution in [0, 0.1) is 5.92 Å². The van der Waals surface area contributed by atoms with Crippen LogP contribution in [0.5, 0.6) is 5.75 Å². The molecule has 0 saturated carbocycles. The summed E-state index contributed by atoms with van der Waals surface area (Å²) < 4.78 is 1.04. The van der Waals surface area contributed by atoms with Crippen molar-refractivity contribution in [1.82, 2.24) is 10.2 Å². The number of hydrogen-bond acceptors (Lipinski definition) is 3. The van der Waals surface area contributed by atoms with Gasteiger partial charge in [-0.15, -0.1) is 24.8 Å². The normalized spacial score (nSPS) is 16.7. The minimum atomic E-state index is 0. The number of phenols is 1. The van der Waals surface area contributed by atoms with Crippen LogP contribution in [0.15, 0.2) is 22.7 Å². The molecule has 3 nitrogen and oxygen atoms in total. The van der Waals surface area contributed by atoms with Crippen LogP contribution in [0.25, 0.3) is 0 Å². The number of hydrogen-bond donors (Lipinski definition) is 2. The fourth-order valence-corrected chi connectivity index (χ4v) is 3.19. The highest BCUT2D eigenvalue weighted by molar-refractivity contribution is 9.10. The maximum atomic E-state index is 10.2. The van der Waals surface area contributed by atoms with Crippen LogP contribution in [0.2, 0.25) is 0 Å². The minimum absolute atomic E-state index is 0. The second-order valence-corrected chi connectivity index (χ2v) is 6.89. The Balaban J connectivity index is 0.00000220. The van der Waals surface area contributed by atoms with Crippen LogP contribution >= 0.6 is 40.7 Å². The average Bonchev–Trinajstić information content (AvgIpc) is 2.43. The van der Waals surface area contributed by atoms with E-state index < -0.39 is 0 Å². The molecule has 1 aromatic carbocycles. The lowest BCUT2D eigenvalue weighted by Crippen LogP contribution is -2.45. The van der Waals surface area contributed by atoms with Crippen molar-refractivity contribution in [3.63, 3.8) is 0 Å². The highest BCUT2D eigenvalue weighted by atomic mass is 79.9. The number of rotatable bonds is 5. The van der Waals surface area contributed by atoms with Crippen molar-refractivity contribution in [3.8, 4) is 5.75 Å². The molecular formula is C16H27BrCl2N2O. The van der Waals surface area contributed by atoms with E-state index in [4.69, 9.17) is 0 Å². The van der Waals surface area contributed by atoms with Crippen molar-refractivity contribution in [2.45, 2.75) is 32.7 Å². The first kappa shape index (κ1) is 22.0. The van der Waals surface area contributed by atoms with E-state index in [-0.39, 0.29) is 24.8 Å². The van der Waals surface area contributed by atoms with E-state index in [9.17, 15) is 5.11 Å². The van der Waals surface area contributed by atoms with E-state index in [1.807, 2.05) is 6.07 Å². The molecule has 2 N–H and O–H groups in total. The number of nitrogens with one attached hydrogen (secondary N) is 1. The first-order valence-electron chi connectivity index (χ1n) is 7.51. The third-order valence-electron chi connectivity index (χ3n) is 3.96. The molecule has 0 bridgehead atoms. The Bertz CT molecular complexity index is 440. The molecule has 1 saturated heterocycles. The van der Waals surface area contributed by atoms with Gasteiger partial charge in [-0.2, -0.15) is 0 Å². The predicted molar refractivity (Wildman–Crippen MR) is 102 cm³/mol. The lowest BCUT2D eigenvalue weighted by molar-refractivity contribution is 0.157. The fraction of sp³-hybridized carbons (Fsp3) is 0.625. The lowest BCUT2D eigenvalue weighted by atomic mass is 9.95. The third-order valence-corrected chi connectivity index (χ3v) is 4.45. The van der Waals surface area contributed by atoms with Gasteiger partial charge in [-0.05, 0) is 37.0 Å². The average molecular weight is 414 g/mol. The van der Waals surface area contributed by atoms with Crippen molar-refractivity contribution >= 4 is 40.7 Å². The Morgan fingerprint density at radius 2 is 1.82 bits per heavy atom. The number of phenolic OH excluding ortho intramolecular Hbond substituents is 1. The zero-order valence-corrected chi connectivity index (χ0v) is 16.4. The Morgan fingerprint density at radius 1 is 1.18 bits per heavy atom. The van der Waals surface area contributed by atoms with Gasteiger partial charge in [0.05, 0.1) is 0 Å². The van der Waals surface area contributed by atoms with Gasteiger partial charge in [0.1, 0.15) is 5.75 Å². The van der Waals surface area contributed by atoms with Crippen molar-refractivity contribution in [2.75, 3.05) is 26.2 Å². The summed E-state index contributed by atoms with van der Waals surface area (Å²) in [5.41, 5.74) is 1.06. The summed E-state index contributed by atoms with van der Waals surface area (Å²) in [6.07, 6.45) is 2.28. The van der Waals surface area contributed by atoms with Crippen LogP contribution < -0.4 is 5.32 Å². The van der Waals surface area contributed by atoms with Gasteiger partial charge in [-0.1, -0.05) is 29.8 Å². The van der Waals surface area contributed by atoms with E-state index in [1.165, 1.54) is 6.42 Å². The van der Waals surface area contributed by atoms with E-state index in [2.05, 4.69) is 46.1 Å². The zero-order valence-electron chi connectivity index (χ0n) is 13.2. The lowest BCUT2D eigenvalue weighted by Gasteiger charge is -2.36. The Labute approximate surface area is 154 Å². The Kier molecular flexibility index (Phi) is 10.7. The molecule has 0 aliphatic carbocycles. The molecular weight excluding hydrogens is 387 g/mol. The predicted octanol–water partition coefficient (Wildman–Crippen LogP) is 4.38. The molecule has 128 valence electrons. The molecule has 1 heterocycles. The van der Waals surface area contributed by atoms with Gasteiger partial charge in [0.25, 0.3) is 0 Å². The van der Waals surface area contributed by atoms with Crippen molar-refractivity contribution < 1.29 is 5.11 Å². The molecule has 0 aromatic heterocycles. The molecule has 1 atom stereocenters. The van der Waals surface area contributed by atoms with Gasteiger partial charge in [-0.25, -0.2) is 0 Å². The van der Waals surface area contributed by atoms with E-state index in [0.717, 1.165) is 42.6 Å². The summed E-state index contributed by atoms with van der Waals surface area (Å²) in [7, 11) is 0. The topological polar surface area (TPSA) is 35.5 Å². The summed E-state index contributed by atoms with van der Waals surface area (Å²) >= 11 is 3.53. The first-order valence-corrected chi connectivity index (χ1v) is 8.30. The number of benzene rings is 1. The van der Waals surface area contributed by atoms with E-state index in [0.29, 0.717) is 17.7 Å². The van der Waals surface area contributed by atoms with Crippen LogP contribution in [0.4, 0.5) is 0 Å². The van der Waals surface area contributed by atoms with Gasteiger partial charge in [0.2, 0.25) is 0 Å². The highest BCUT2D eigenvalue weighted by Crippen LogP contribution is 2.35. The SMILES string of the molecule is CC(C)CC[C@H](c1cc(Br)ccc1O)N1CCNCC1.Cl.Cl. The summed E-state index contributed by atoms with van der Waals surface area (Å²) in [5.74, 6) is 1.11. The number of piperazine rings is 1. The van der Waals surface area contributed by atoms with Crippen LogP contribution in [-0.2, 0) is 0 Å². The molecule has 6 heteroatoms. The second-order valence-electron chi connectivity index (χ2n) is 5.98. The molecule has 0 spiro atoms. The smallest absolute Gasteiger partial charge is 0.120 e. The largest absolute Gasteiger partial charge is 0.508 e. The molecule has 1 aromatic rings. The maximum absolute atomic E-state index is 10.2. The quantitative estimate of drug-likeness (QED) is 0.751. The second kappa shape index (κ2) is 10.7. The molecule has 22 heavy (non-hydrogen) atoms. The highest BCUT2D eigenvalue weighted by Gasteiger charge is 2.24.